The van der Waals surface area contributed by atoms with Gasteiger partial charge in [-0.15, -0.1) is 0 Å². The molecule has 1 amide bonds. The monoisotopic (exact) mass is 250 g/mol. The highest BCUT2D eigenvalue weighted by atomic mass is 19.4. The van der Waals surface area contributed by atoms with Gasteiger partial charge in [0, 0.05) is 25.6 Å². The average Bonchev–Trinajstić information content (AvgIpc) is 2.68. The summed E-state index contributed by atoms with van der Waals surface area (Å²) >= 11 is 0. The van der Waals surface area contributed by atoms with Gasteiger partial charge >= 0.3 is 6.18 Å². The highest BCUT2D eigenvalue weighted by Gasteiger charge is 2.37. The number of rotatable bonds is 2. The van der Waals surface area contributed by atoms with Gasteiger partial charge < -0.3 is 10.2 Å². The van der Waals surface area contributed by atoms with E-state index in [1.54, 1.807) is 4.90 Å². The van der Waals surface area contributed by atoms with Crippen LogP contribution < -0.4 is 5.32 Å². The van der Waals surface area contributed by atoms with Crippen molar-refractivity contribution in [1.29, 1.82) is 0 Å². The van der Waals surface area contributed by atoms with Crippen LogP contribution in [0.4, 0.5) is 13.2 Å². The number of hydrogen-bond donors (Lipinski definition) is 1. The molecule has 2 atom stereocenters. The number of halogens is 3. The zero-order valence-electron chi connectivity index (χ0n) is 9.59. The van der Waals surface area contributed by atoms with Gasteiger partial charge in [0.1, 0.15) is 0 Å². The van der Waals surface area contributed by atoms with Gasteiger partial charge in [0.05, 0.1) is 6.42 Å². The highest BCUT2D eigenvalue weighted by Crippen LogP contribution is 2.27. The molecular formula is C11H17F3N2O. The Bertz CT molecular complexity index is 279. The molecule has 2 saturated heterocycles. The minimum Gasteiger partial charge on any atom is -0.341 e. The second kappa shape index (κ2) is 4.84. The summed E-state index contributed by atoms with van der Waals surface area (Å²) in [4.78, 5) is 13.2. The van der Waals surface area contributed by atoms with Crippen LogP contribution in [0.5, 0.6) is 0 Å². The summed E-state index contributed by atoms with van der Waals surface area (Å²) in [6.45, 7) is 2.14. The Kier molecular flexibility index (Phi) is 3.61. The molecule has 0 aromatic heterocycles. The molecule has 17 heavy (non-hydrogen) atoms. The Hall–Kier alpha value is -0.780. The molecule has 2 aliphatic heterocycles. The summed E-state index contributed by atoms with van der Waals surface area (Å²) in [6, 6.07) is 0.290. The zero-order chi connectivity index (χ0) is 12.5. The molecule has 0 radical (unpaired) electrons. The first-order valence-electron chi connectivity index (χ1n) is 6.03. The third kappa shape index (κ3) is 3.34. The molecular weight excluding hydrogens is 233 g/mol. The maximum atomic E-state index is 12.0. The van der Waals surface area contributed by atoms with Crippen molar-refractivity contribution in [1.82, 2.24) is 10.2 Å². The lowest BCUT2D eigenvalue weighted by Gasteiger charge is -2.24. The van der Waals surface area contributed by atoms with Crippen molar-refractivity contribution in [3.05, 3.63) is 0 Å². The predicted molar refractivity (Wildman–Crippen MR) is 56.4 cm³/mol. The summed E-state index contributed by atoms with van der Waals surface area (Å²) in [7, 11) is 0. The van der Waals surface area contributed by atoms with Crippen LogP contribution in [0.3, 0.4) is 0 Å². The summed E-state index contributed by atoms with van der Waals surface area (Å²) in [5.41, 5.74) is 0. The lowest BCUT2D eigenvalue weighted by molar-refractivity contribution is -0.148. The van der Waals surface area contributed by atoms with E-state index in [4.69, 9.17) is 0 Å². The van der Waals surface area contributed by atoms with Crippen LogP contribution in [0.2, 0.25) is 0 Å². The third-order valence-electron chi connectivity index (χ3n) is 3.57. The number of carbonyl (C=O) groups excluding carboxylic acids is 1. The van der Waals surface area contributed by atoms with Gasteiger partial charge in [-0.2, -0.15) is 13.2 Å². The molecule has 0 bridgehead atoms. The highest BCUT2D eigenvalue weighted by molar-refractivity contribution is 5.76. The molecule has 2 unspecified atom stereocenters. The summed E-state index contributed by atoms with van der Waals surface area (Å²) < 4.78 is 36.0. The molecule has 98 valence electrons. The molecule has 0 aromatic carbocycles. The van der Waals surface area contributed by atoms with Crippen LogP contribution in [0.1, 0.15) is 25.7 Å². The number of carbonyl (C=O) groups is 1. The molecule has 0 spiro atoms. The van der Waals surface area contributed by atoms with Crippen LogP contribution in [0.15, 0.2) is 0 Å². The maximum absolute atomic E-state index is 12.0. The number of fused-ring (bicyclic) bond motifs is 1. The van der Waals surface area contributed by atoms with E-state index < -0.39 is 19.0 Å². The van der Waals surface area contributed by atoms with Crippen molar-refractivity contribution in [2.75, 3.05) is 19.6 Å². The third-order valence-corrected chi connectivity index (χ3v) is 3.57. The Balaban J connectivity index is 1.81. The van der Waals surface area contributed by atoms with Crippen LogP contribution in [0.25, 0.3) is 0 Å². The Labute approximate surface area is 98.3 Å². The smallest absolute Gasteiger partial charge is 0.341 e. The average molecular weight is 250 g/mol. The SMILES string of the molecule is O=C(CCC(F)(F)F)N1CC2CCCNC2C1. The van der Waals surface area contributed by atoms with Gasteiger partial charge in [-0.1, -0.05) is 0 Å². The van der Waals surface area contributed by atoms with Crippen LogP contribution in [0, 0.1) is 5.92 Å². The van der Waals surface area contributed by atoms with Crippen LogP contribution in [-0.2, 0) is 4.79 Å². The first-order chi connectivity index (χ1) is 7.96. The number of hydrogen-bond acceptors (Lipinski definition) is 2. The maximum Gasteiger partial charge on any atom is 0.389 e. The van der Waals surface area contributed by atoms with Crippen molar-refractivity contribution in [3.8, 4) is 0 Å². The molecule has 0 aromatic rings. The van der Waals surface area contributed by atoms with E-state index in [9.17, 15) is 18.0 Å². The van der Waals surface area contributed by atoms with Crippen molar-refractivity contribution in [2.24, 2.45) is 5.92 Å². The normalized spacial score (nSPS) is 29.2. The fourth-order valence-electron chi connectivity index (χ4n) is 2.66. The number of alkyl halides is 3. The molecule has 2 fully saturated rings. The fraction of sp³-hybridized carbons (Fsp3) is 0.909. The minimum absolute atomic E-state index is 0.290. The molecule has 3 nitrogen and oxygen atoms in total. The fourth-order valence-corrected chi connectivity index (χ4v) is 2.66. The van der Waals surface area contributed by atoms with Crippen molar-refractivity contribution in [3.63, 3.8) is 0 Å². The molecule has 6 heteroatoms. The largest absolute Gasteiger partial charge is 0.389 e. The number of nitrogens with one attached hydrogen (secondary N) is 1. The number of piperidine rings is 1. The number of nitrogens with zero attached hydrogens (tertiary/aromatic N) is 1. The second-order valence-corrected chi connectivity index (χ2v) is 4.88. The van der Waals surface area contributed by atoms with E-state index in [1.165, 1.54) is 0 Å². The topological polar surface area (TPSA) is 32.3 Å². The lowest BCUT2D eigenvalue weighted by Crippen LogP contribution is -2.41. The molecule has 2 rings (SSSR count). The van der Waals surface area contributed by atoms with E-state index in [0.717, 1.165) is 19.4 Å². The standard InChI is InChI=1S/C11H17F3N2O/c12-11(13,14)4-3-10(17)16-6-8-2-1-5-15-9(8)7-16/h8-9,15H,1-7H2. The van der Waals surface area contributed by atoms with Gasteiger partial charge in [-0.25, -0.2) is 0 Å². The van der Waals surface area contributed by atoms with E-state index >= 15 is 0 Å². The van der Waals surface area contributed by atoms with E-state index in [2.05, 4.69) is 5.32 Å². The second-order valence-electron chi connectivity index (χ2n) is 4.88. The van der Waals surface area contributed by atoms with Crippen molar-refractivity contribution >= 4 is 5.91 Å². The molecule has 1 N–H and O–H groups in total. The molecule has 2 aliphatic rings. The molecule has 2 heterocycles. The Morgan fingerprint density at radius 1 is 1.35 bits per heavy atom. The van der Waals surface area contributed by atoms with E-state index in [0.29, 0.717) is 25.0 Å². The van der Waals surface area contributed by atoms with Gasteiger partial charge in [0.25, 0.3) is 0 Å². The van der Waals surface area contributed by atoms with Gasteiger partial charge in [0.2, 0.25) is 5.91 Å². The zero-order valence-corrected chi connectivity index (χ0v) is 9.59. The summed E-state index contributed by atoms with van der Waals surface area (Å²) in [5, 5.41) is 3.32. The van der Waals surface area contributed by atoms with Crippen molar-refractivity contribution in [2.45, 2.75) is 37.9 Å². The van der Waals surface area contributed by atoms with Gasteiger partial charge in [0.15, 0.2) is 0 Å². The quantitative estimate of drug-likeness (QED) is 0.806. The predicted octanol–water partition coefficient (Wildman–Crippen LogP) is 1.54. The van der Waals surface area contributed by atoms with Gasteiger partial charge in [-0.05, 0) is 25.3 Å². The van der Waals surface area contributed by atoms with Crippen LogP contribution in [-0.4, -0.2) is 42.7 Å². The Morgan fingerprint density at radius 3 is 2.76 bits per heavy atom. The van der Waals surface area contributed by atoms with Crippen molar-refractivity contribution < 1.29 is 18.0 Å². The molecule has 0 saturated carbocycles. The van der Waals surface area contributed by atoms with E-state index in [1.807, 2.05) is 0 Å². The number of likely N-dealkylation sites (tertiary alicyclic amines) is 1. The van der Waals surface area contributed by atoms with Crippen LogP contribution >= 0.6 is 0 Å². The summed E-state index contributed by atoms with van der Waals surface area (Å²) in [5.74, 6) is 0.0668. The summed E-state index contributed by atoms with van der Waals surface area (Å²) in [6.07, 6.45) is -3.50. The lowest BCUT2D eigenvalue weighted by atomic mass is 9.94. The van der Waals surface area contributed by atoms with Gasteiger partial charge in [-0.3, -0.25) is 4.79 Å². The number of amides is 1. The Morgan fingerprint density at radius 2 is 2.12 bits per heavy atom. The molecule has 0 aliphatic carbocycles. The minimum atomic E-state index is -4.24. The first-order valence-corrected chi connectivity index (χ1v) is 6.03. The van der Waals surface area contributed by atoms with E-state index in [-0.39, 0.29) is 5.91 Å². The first kappa shape index (κ1) is 12.7.